The molecule has 2 aromatic heterocycles. The summed E-state index contributed by atoms with van der Waals surface area (Å²) in [5.74, 6) is 1.59. The van der Waals surface area contributed by atoms with Crippen molar-refractivity contribution in [3.8, 4) is 0 Å². The summed E-state index contributed by atoms with van der Waals surface area (Å²) in [4.78, 5) is 12.9. The number of aromatic nitrogens is 3. The van der Waals surface area contributed by atoms with Gasteiger partial charge in [0.25, 0.3) is 0 Å². The summed E-state index contributed by atoms with van der Waals surface area (Å²) in [5.41, 5.74) is 0.845. The first kappa shape index (κ1) is 17.4. The zero-order valence-electron chi connectivity index (χ0n) is 15.6. The third-order valence-electron chi connectivity index (χ3n) is 5.83. The van der Waals surface area contributed by atoms with Crippen LogP contribution in [0.4, 0.5) is 16.2 Å². The second-order valence-corrected chi connectivity index (χ2v) is 7.65. The standard InChI is InChI=1S/C20H23FN6O/c21-15-10-23-20(24-11-15)22-9-14-5-6-16-13-27(8-7-26(16)12-14)19-17-3-1-2-4-18(17)28-25-19/h1-4,10-11,14,16H,5-9,12-13H2,(H,22,23,24)/t14-,16-/m0/s1. The van der Waals surface area contributed by atoms with E-state index in [9.17, 15) is 4.39 Å². The molecular weight excluding hydrogens is 359 g/mol. The average molecular weight is 382 g/mol. The van der Waals surface area contributed by atoms with Crippen LogP contribution in [-0.2, 0) is 0 Å². The summed E-state index contributed by atoms with van der Waals surface area (Å²) in [6.07, 6.45) is 4.70. The lowest BCUT2D eigenvalue weighted by Gasteiger charge is -2.46. The second kappa shape index (κ2) is 7.35. The number of nitrogens with one attached hydrogen (secondary N) is 1. The minimum atomic E-state index is -0.413. The minimum Gasteiger partial charge on any atom is -0.354 e. The smallest absolute Gasteiger partial charge is 0.222 e. The van der Waals surface area contributed by atoms with Crippen LogP contribution in [0.5, 0.6) is 0 Å². The van der Waals surface area contributed by atoms with Crippen molar-refractivity contribution in [3.05, 3.63) is 42.5 Å². The molecule has 2 atom stereocenters. The van der Waals surface area contributed by atoms with Gasteiger partial charge in [-0.1, -0.05) is 17.3 Å². The van der Waals surface area contributed by atoms with Crippen molar-refractivity contribution in [3.63, 3.8) is 0 Å². The molecule has 7 nitrogen and oxygen atoms in total. The number of hydrogen-bond acceptors (Lipinski definition) is 7. The highest BCUT2D eigenvalue weighted by molar-refractivity contribution is 5.88. The maximum Gasteiger partial charge on any atom is 0.222 e. The number of rotatable bonds is 4. The fourth-order valence-corrected chi connectivity index (χ4v) is 4.36. The van der Waals surface area contributed by atoms with Crippen LogP contribution in [0.15, 0.2) is 41.2 Å². The van der Waals surface area contributed by atoms with Crippen LogP contribution in [0.3, 0.4) is 0 Å². The molecule has 3 aromatic rings. The van der Waals surface area contributed by atoms with Gasteiger partial charge < -0.3 is 14.7 Å². The molecule has 0 amide bonds. The Balaban J connectivity index is 1.19. The molecule has 5 rings (SSSR count). The predicted octanol–water partition coefficient (Wildman–Crippen LogP) is 2.77. The monoisotopic (exact) mass is 382 g/mol. The number of fused-ring (bicyclic) bond motifs is 2. The van der Waals surface area contributed by atoms with Gasteiger partial charge in [-0.2, -0.15) is 0 Å². The van der Waals surface area contributed by atoms with Crippen LogP contribution in [0, 0.1) is 11.7 Å². The van der Waals surface area contributed by atoms with Crippen molar-refractivity contribution >= 4 is 22.7 Å². The van der Waals surface area contributed by atoms with Gasteiger partial charge in [0.15, 0.2) is 17.2 Å². The van der Waals surface area contributed by atoms with Crippen LogP contribution in [-0.4, -0.2) is 58.8 Å². The summed E-state index contributed by atoms with van der Waals surface area (Å²) in [5, 5.41) is 8.65. The van der Waals surface area contributed by atoms with Gasteiger partial charge in [-0.15, -0.1) is 0 Å². The number of anilines is 2. The number of benzene rings is 1. The maximum absolute atomic E-state index is 12.9. The number of nitrogens with zero attached hydrogens (tertiary/aromatic N) is 5. The predicted molar refractivity (Wildman–Crippen MR) is 105 cm³/mol. The van der Waals surface area contributed by atoms with Gasteiger partial charge in [-0.3, -0.25) is 4.90 Å². The highest BCUT2D eigenvalue weighted by atomic mass is 19.1. The van der Waals surface area contributed by atoms with E-state index in [-0.39, 0.29) is 0 Å². The van der Waals surface area contributed by atoms with E-state index >= 15 is 0 Å². The van der Waals surface area contributed by atoms with Gasteiger partial charge in [0.05, 0.1) is 17.8 Å². The third kappa shape index (κ3) is 3.40. The van der Waals surface area contributed by atoms with Crippen LogP contribution in [0.25, 0.3) is 11.0 Å². The van der Waals surface area contributed by atoms with Crippen LogP contribution < -0.4 is 10.2 Å². The molecule has 0 radical (unpaired) electrons. The van der Waals surface area contributed by atoms with E-state index in [1.54, 1.807) is 0 Å². The summed E-state index contributed by atoms with van der Waals surface area (Å²) in [6.45, 7) is 4.83. The topological polar surface area (TPSA) is 70.3 Å². The number of para-hydroxylation sites is 1. The number of halogens is 1. The summed E-state index contributed by atoms with van der Waals surface area (Å²) in [7, 11) is 0. The first-order chi connectivity index (χ1) is 13.8. The molecular formula is C20H23FN6O. The molecule has 8 heteroatoms. The summed E-state index contributed by atoms with van der Waals surface area (Å²) < 4.78 is 18.4. The second-order valence-electron chi connectivity index (χ2n) is 7.65. The van der Waals surface area contributed by atoms with Crippen LogP contribution in [0.2, 0.25) is 0 Å². The van der Waals surface area contributed by atoms with Gasteiger partial charge in [0, 0.05) is 38.8 Å². The zero-order valence-corrected chi connectivity index (χ0v) is 15.6. The van der Waals surface area contributed by atoms with Crippen molar-refractivity contribution in [1.29, 1.82) is 0 Å². The molecule has 0 unspecified atom stereocenters. The summed E-state index contributed by atoms with van der Waals surface area (Å²) >= 11 is 0. The number of hydrogen-bond donors (Lipinski definition) is 1. The van der Waals surface area contributed by atoms with Gasteiger partial charge in [0.1, 0.15) is 0 Å². The van der Waals surface area contributed by atoms with Crippen molar-refractivity contribution in [2.75, 3.05) is 42.9 Å². The minimum absolute atomic E-state index is 0.413. The molecule has 2 saturated heterocycles. The van der Waals surface area contributed by atoms with Gasteiger partial charge >= 0.3 is 0 Å². The number of piperidine rings is 1. The number of piperazine rings is 1. The van der Waals surface area contributed by atoms with Gasteiger partial charge in [-0.25, -0.2) is 14.4 Å². The first-order valence-corrected chi connectivity index (χ1v) is 9.81. The van der Waals surface area contributed by atoms with Crippen LogP contribution in [0.1, 0.15) is 12.8 Å². The Morgan fingerprint density at radius 1 is 1.11 bits per heavy atom. The fourth-order valence-electron chi connectivity index (χ4n) is 4.36. The van der Waals surface area contributed by atoms with Crippen LogP contribution >= 0.6 is 0 Å². The Labute approximate surface area is 162 Å². The highest BCUT2D eigenvalue weighted by Crippen LogP contribution is 2.31. The van der Waals surface area contributed by atoms with E-state index in [0.717, 1.165) is 62.4 Å². The van der Waals surface area contributed by atoms with E-state index in [4.69, 9.17) is 4.52 Å². The Hall–Kier alpha value is -2.74. The Morgan fingerprint density at radius 2 is 1.96 bits per heavy atom. The zero-order chi connectivity index (χ0) is 18.9. The van der Waals surface area contributed by atoms with Crippen molar-refractivity contribution in [1.82, 2.24) is 20.0 Å². The molecule has 4 heterocycles. The lowest BCUT2D eigenvalue weighted by Crippen LogP contribution is -2.57. The maximum atomic E-state index is 12.9. The first-order valence-electron chi connectivity index (χ1n) is 9.81. The fraction of sp³-hybridized carbons (Fsp3) is 0.450. The normalized spacial score (nSPS) is 23.0. The third-order valence-corrected chi connectivity index (χ3v) is 5.83. The average Bonchev–Trinajstić information content (AvgIpc) is 3.17. The molecule has 1 aromatic carbocycles. The Kier molecular flexibility index (Phi) is 4.56. The molecule has 2 aliphatic rings. The van der Waals surface area contributed by atoms with Crippen molar-refractivity contribution < 1.29 is 8.91 Å². The summed E-state index contributed by atoms with van der Waals surface area (Å²) in [6, 6.07) is 8.59. The van der Waals surface area contributed by atoms with E-state index in [1.165, 1.54) is 12.4 Å². The molecule has 28 heavy (non-hydrogen) atoms. The molecule has 0 aliphatic carbocycles. The van der Waals surface area contributed by atoms with E-state index in [2.05, 4.69) is 36.3 Å². The molecule has 0 spiro atoms. The highest BCUT2D eigenvalue weighted by Gasteiger charge is 2.34. The molecule has 0 saturated carbocycles. The lowest BCUT2D eigenvalue weighted by molar-refractivity contribution is 0.0994. The van der Waals surface area contributed by atoms with Gasteiger partial charge in [-0.05, 0) is 30.9 Å². The Bertz CT molecular complexity index is 945. The molecule has 2 fully saturated rings. The SMILES string of the molecule is Fc1cnc(NC[C@@H]2CC[C@H]3CN(c4noc5ccccc45)CCN3C2)nc1. The van der Waals surface area contributed by atoms with E-state index in [0.29, 0.717) is 17.9 Å². The molecule has 146 valence electrons. The van der Waals surface area contributed by atoms with Gasteiger partial charge in [0.2, 0.25) is 5.95 Å². The van der Waals surface area contributed by atoms with E-state index in [1.807, 2.05) is 18.2 Å². The Morgan fingerprint density at radius 3 is 2.86 bits per heavy atom. The molecule has 0 bridgehead atoms. The molecule has 2 aliphatic heterocycles. The quantitative estimate of drug-likeness (QED) is 0.744. The van der Waals surface area contributed by atoms with Crippen molar-refractivity contribution in [2.45, 2.75) is 18.9 Å². The largest absolute Gasteiger partial charge is 0.354 e. The van der Waals surface area contributed by atoms with Crippen molar-refractivity contribution in [2.24, 2.45) is 5.92 Å². The van der Waals surface area contributed by atoms with E-state index < -0.39 is 5.82 Å². The molecule has 1 N–H and O–H groups in total. The lowest BCUT2D eigenvalue weighted by atomic mass is 9.91.